The van der Waals surface area contributed by atoms with E-state index in [0.29, 0.717) is 18.6 Å². The van der Waals surface area contributed by atoms with Crippen LogP contribution in [0.1, 0.15) is 12.8 Å². The Kier molecular flexibility index (Phi) is 3.58. The molecule has 0 spiro atoms. The fourth-order valence-corrected chi connectivity index (χ4v) is 1.68. The largest absolute Gasteiger partial charge is 0.484 e. The number of nitrogens with one attached hydrogen (secondary N) is 1. The molecule has 1 fully saturated rings. The van der Waals surface area contributed by atoms with E-state index in [4.69, 9.17) is 9.84 Å². The van der Waals surface area contributed by atoms with Gasteiger partial charge in [0.2, 0.25) is 0 Å². The minimum Gasteiger partial charge on any atom is -0.484 e. The highest BCUT2D eigenvalue weighted by Crippen LogP contribution is 2.19. The molecule has 0 radical (unpaired) electrons. The quantitative estimate of drug-likeness (QED) is 0.818. The van der Waals surface area contributed by atoms with Crippen molar-refractivity contribution in [3.8, 4) is 5.75 Å². The molecule has 2 rings (SSSR count). The third-order valence-corrected chi connectivity index (χ3v) is 2.64. The van der Waals surface area contributed by atoms with Gasteiger partial charge in [-0.3, -0.25) is 4.79 Å². The van der Waals surface area contributed by atoms with Crippen LogP contribution in [0.2, 0.25) is 0 Å². The van der Waals surface area contributed by atoms with Crippen LogP contribution in [0.4, 0.5) is 4.39 Å². The average Bonchev–Trinajstić information content (AvgIpc) is 2.24. The molecule has 92 valence electrons. The van der Waals surface area contributed by atoms with Crippen LogP contribution in [0, 0.1) is 5.82 Å². The summed E-state index contributed by atoms with van der Waals surface area (Å²) in [7, 11) is 0. The molecule has 2 N–H and O–H groups in total. The summed E-state index contributed by atoms with van der Waals surface area (Å²) in [5.41, 5.74) is 0. The van der Waals surface area contributed by atoms with Gasteiger partial charge in [0.15, 0.2) is 6.61 Å². The van der Waals surface area contributed by atoms with Gasteiger partial charge in [-0.25, -0.2) is 4.39 Å². The van der Waals surface area contributed by atoms with E-state index >= 15 is 0 Å². The van der Waals surface area contributed by atoms with Gasteiger partial charge in [-0.15, -0.1) is 0 Å². The van der Waals surface area contributed by atoms with E-state index in [1.165, 1.54) is 18.2 Å². The first kappa shape index (κ1) is 11.9. The van der Waals surface area contributed by atoms with Crippen LogP contribution in [-0.2, 0) is 4.79 Å². The maximum absolute atomic E-state index is 12.8. The van der Waals surface area contributed by atoms with Gasteiger partial charge in [0, 0.05) is 12.1 Å². The van der Waals surface area contributed by atoms with Crippen molar-refractivity contribution in [2.45, 2.75) is 25.0 Å². The summed E-state index contributed by atoms with van der Waals surface area (Å²) in [5.74, 6) is -0.329. The number of hydrogen-bond donors (Lipinski definition) is 2. The first-order chi connectivity index (χ1) is 8.13. The molecule has 4 nitrogen and oxygen atoms in total. The van der Waals surface area contributed by atoms with Gasteiger partial charge >= 0.3 is 0 Å². The van der Waals surface area contributed by atoms with E-state index in [0.717, 1.165) is 0 Å². The third kappa shape index (κ3) is 3.42. The molecule has 1 amide bonds. The second-order valence-corrected chi connectivity index (χ2v) is 4.14. The SMILES string of the molecule is O=C(COc1cccc(F)c1)NC1CC(O)C1. The molecule has 1 aromatic rings. The molecule has 0 saturated heterocycles. The zero-order valence-corrected chi connectivity index (χ0v) is 9.23. The van der Waals surface area contributed by atoms with Gasteiger partial charge in [0.1, 0.15) is 11.6 Å². The maximum Gasteiger partial charge on any atom is 0.258 e. The van der Waals surface area contributed by atoms with Crippen molar-refractivity contribution in [2.75, 3.05) is 6.61 Å². The second kappa shape index (κ2) is 5.14. The monoisotopic (exact) mass is 239 g/mol. The second-order valence-electron chi connectivity index (χ2n) is 4.14. The van der Waals surface area contributed by atoms with Crippen LogP contribution < -0.4 is 10.1 Å². The van der Waals surface area contributed by atoms with E-state index in [9.17, 15) is 9.18 Å². The van der Waals surface area contributed by atoms with Crippen molar-refractivity contribution < 1.29 is 19.0 Å². The predicted molar refractivity (Wildman–Crippen MR) is 59.1 cm³/mol. The lowest BCUT2D eigenvalue weighted by atomic mass is 9.89. The molecule has 1 aromatic carbocycles. The van der Waals surface area contributed by atoms with Gasteiger partial charge in [-0.2, -0.15) is 0 Å². The molecular formula is C12H14FNO3. The van der Waals surface area contributed by atoms with Gasteiger partial charge in [-0.1, -0.05) is 6.07 Å². The fourth-order valence-electron chi connectivity index (χ4n) is 1.68. The predicted octanol–water partition coefficient (Wildman–Crippen LogP) is 0.844. The van der Waals surface area contributed by atoms with Crippen molar-refractivity contribution in [3.05, 3.63) is 30.1 Å². The van der Waals surface area contributed by atoms with Gasteiger partial charge < -0.3 is 15.2 Å². The third-order valence-electron chi connectivity index (χ3n) is 2.64. The van der Waals surface area contributed by atoms with Gasteiger partial charge in [-0.05, 0) is 25.0 Å². The Morgan fingerprint density at radius 3 is 2.94 bits per heavy atom. The van der Waals surface area contributed by atoms with E-state index < -0.39 is 5.82 Å². The van der Waals surface area contributed by atoms with Crippen molar-refractivity contribution in [1.29, 1.82) is 0 Å². The fraction of sp³-hybridized carbons (Fsp3) is 0.417. The molecule has 1 aliphatic carbocycles. The minimum atomic E-state index is -0.398. The van der Waals surface area contributed by atoms with E-state index in [1.54, 1.807) is 6.07 Å². The van der Waals surface area contributed by atoms with E-state index in [-0.39, 0.29) is 24.7 Å². The summed E-state index contributed by atoms with van der Waals surface area (Å²) in [5, 5.41) is 11.8. The average molecular weight is 239 g/mol. The van der Waals surface area contributed by atoms with Crippen LogP contribution >= 0.6 is 0 Å². The molecule has 5 heteroatoms. The number of carbonyl (C=O) groups is 1. The highest BCUT2D eigenvalue weighted by atomic mass is 19.1. The molecule has 0 heterocycles. The summed E-state index contributed by atoms with van der Waals surface area (Å²) in [6.45, 7) is -0.143. The zero-order chi connectivity index (χ0) is 12.3. The first-order valence-electron chi connectivity index (χ1n) is 5.49. The highest BCUT2D eigenvalue weighted by Gasteiger charge is 2.28. The molecule has 0 bridgehead atoms. The lowest BCUT2D eigenvalue weighted by Crippen LogP contribution is -2.48. The van der Waals surface area contributed by atoms with E-state index in [2.05, 4.69) is 5.32 Å². The van der Waals surface area contributed by atoms with Crippen LogP contribution in [0.15, 0.2) is 24.3 Å². The van der Waals surface area contributed by atoms with Gasteiger partial charge in [0.25, 0.3) is 5.91 Å². The summed E-state index contributed by atoms with van der Waals surface area (Å²) < 4.78 is 17.9. The Morgan fingerprint density at radius 1 is 1.53 bits per heavy atom. The number of aliphatic hydroxyl groups is 1. The van der Waals surface area contributed by atoms with Crippen molar-refractivity contribution in [1.82, 2.24) is 5.32 Å². The Balaban J connectivity index is 1.72. The number of hydrogen-bond acceptors (Lipinski definition) is 3. The van der Waals surface area contributed by atoms with Crippen molar-refractivity contribution >= 4 is 5.91 Å². The lowest BCUT2D eigenvalue weighted by molar-refractivity contribution is -0.125. The lowest BCUT2D eigenvalue weighted by Gasteiger charge is -2.31. The molecule has 1 saturated carbocycles. The summed E-state index contributed by atoms with van der Waals surface area (Å²) in [6, 6.07) is 5.67. The Labute approximate surface area is 98.4 Å². The van der Waals surface area contributed by atoms with Crippen LogP contribution in [0.3, 0.4) is 0 Å². The Bertz CT molecular complexity index is 404. The zero-order valence-electron chi connectivity index (χ0n) is 9.23. The number of rotatable bonds is 4. The number of benzene rings is 1. The molecule has 0 aliphatic heterocycles. The molecule has 17 heavy (non-hydrogen) atoms. The van der Waals surface area contributed by atoms with E-state index in [1.807, 2.05) is 0 Å². The Morgan fingerprint density at radius 2 is 2.29 bits per heavy atom. The number of halogens is 1. The van der Waals surface area contributed by atoms with Crippen LogP contribution in [0.25, 0.3) is 0 Å². The summed E-state index contributed by atoms with van der Waals surface area (Å²) in [4.78, 5) is 11.4. The highest BCUT2D eigenvalue weighted by molar-refractivity contribution is 5.77. The number of carbonyl (C=O) groups excluding carboxylic acids is 1. The smallest absolute Gasteiger partial charge is 0.258 e. The normalized spacial score (nSPS) is 22.7. The summed E-state index contributed by atoms with van der Waals surface area (Å²) in [6.07, 6.45) is 0.877. The topological polar surface area (TPSA) is 58.6 Å². The van der Waals surface area contributed by atoms with Crippen molar-refractivity contribution in [2.24, 2.45) is 0 Å². The van der Waals surface area contributed by atoms with Crippen molar-refractivity contribution in [3.63, 3.8) is 0 Å². The number of ether oxygens (including phenoxy) is 1. The molecule has 0 aromatic heterocycles. The van der Waals surface area contributed by atoms with Gasteiger partial charge in [0.05, 0.1) is 6.10 Å². The Hall–Kier alpha value is -1.62. The first-order valence-corrected chi connectivity index (χ1v) is 5.49. The number of amides is 1. The molecule has 1 aliphatic rings. The summed E-state index contributed by atoms with van der Waals surface area (Å²) >= 11 is 0. The molecular weight excluding hydrogens is 225 g/mol. The number of aliphatic hydroxyl groups excluding tert-OH is 1. The van der Waals surface area contributed by atoms with Crippen LogP contribution in [-0.4, -0.2) is 29.8 Å². The molecule has 0 unspecified atom stereocenters. The maximum atomic E-state index is 12.8. The molecule has 0 atom stereocenters. The standard InChI is InChI=1S/C12H14FNO3/c13-8-2-1-3-11(4-8)17-7-12(16)14-9-5-10(15)6-9/h1-4,9-10,15H,5-7H2,(H,14,16). The minimum absolute atomic E-state index is 0.0357. The van der Waals surface area contributed by atoms with Crippen LogP contribution in [0.5, 0.6) is 5.75 Å².